The van der Waals surface area contributed by atoms with Crippen LogP contribution >= 0.6 is 0 Å². The van der Waals surface area contributed by atoms with Crippen molar-refractivity contribution in [2.75, 3.05) is 27.2 Å². The second-order valence-corrected chi connectivity index (χ2v) is 8.69. The van der Waals surface area contributed by atoms with Crippen LogP contribution in [0.2, 0.25) is 0 Å². The number of nitrogens with one attached hydrogen (secondary N) is 1. The van der Waals surface area contributed by atoms with Crippen molar-refractivity contribution in [2.45, 2.75) is 38.6 Å². The quantitative estimate of drug-likeness (QED) is 0.644. The van der Waals surface area contributed by atoms with Gasteiger partial charge in [-0.05, 0) is 68.2 Å². The number of aryl methyl sites for hydroxylation is 2. The van der Waals surface area contributed by atoms with Crippen LogP contribution in [0.25, 0.3) is 11.1 Å². The Balaban J connectivity index is 1.58. The minimum Gasteiger partial charge on any atom is -0.408 e. The number of ketones is 1. The van der Waals surface area contributed by atoms with Crippen LogP contribution in [0, 0.1) is 0 Å². The molecule has 1 heterocycles. The molecule has 2 aromatic carbocycles. The van der Waals surface area contributed by atoms with Gasteiger partial charge >= 0.3 is 5.76 Å². The molecule has 0 fully saturated rings. The van der Waals surface area contributed by atoms with E-state index in [1.165, 1.54) is 11.1 Å². The average Bonchev–Trinajstić information content (AvgIpc) is 3.05. The smallest absolute Gasteiger partial charge is 0.408 e. The van der Waals surface area contributed by atoms with Crippen molar-refractivity contribution in [2.24, 2.45) is 0 Å². The Morgan fingerprint density at radius 3 is 2.69 bits per heavy atom. The highest BCUT2D eigenvalue weighted by Gasteiger charge is 2.16. The molecule has 7 nitrogen and oxygen atoms in total. The van der Waals surface area contributed by atoms with Crippen molar-refractivity contribution < 1.29 is 14.0 Å². The standard InChI is InChI=1S/C25H29N3O4/c1-27(2)13-12-26-24(30)20-9-11-23-22(15-20)28(25(31)32-23)16-17-6-7-18-8-10-21(29)5-3-4-19(18)14-17/h6-7,9,11,14-15H,3-5,8,10,12-13,16H2,1-2H3,(H,26,30). The molecule has 3 aromatic rings. The molecule has 1 amide bonds. The lowest BCUT2D eigenvalue weighted by atomic mass is 9.91. The third-order valence-corrected chi connectivity index (χ3v) is 5.96. The highest BCUT2D eigenvalue weighted by Crippen LogP contribution is 2.22. The van der Waals surface area contributed by atoms with Gasteiger partial charge in [-0.15, -0.1) is 0 Å². The SMILES string of the molecule is CN(C)CCNC(=O)c1ccc2oc(=O)n(Cc3ccc4c(c3)CCCC(=O)CC4)c2c1. The van der Waals surface area contributed by atoms with Crippen LogP contribution < -0.4 is 11.1 Å². The predicted octanol–water partition coefficient (Wildman–Crippen LogP) is 2.77. The summed E-state index contributed by atoms with van der Waals surface area (Å²) in [5, 5.41) is 2.90. The summed E-state index contributed by atoms with van der Waals surface area (Å²) in [6.07, 6.45) is 3.73. The first kappa shape index (κ1) is 22.0. The summed E-state index contributed by atoms with van der Waals surface area (Å²) >= 11 is 0. The molecule has 0 saturated carbocycles. The monoisotopic (exact) mass is 435 g/mol. The van der Waals surface area contributed by atoms with Gasteiger partial charge in [-0.1, -0.05) is 18.2 Å². The largest absolute Gasteiger partial charge is 0.420 e. The molecule has 32 heavy (non-hydrogen) atoms. The zero-order valence-corrected chi connectivity index (χ0v) is 18.6. The maximum atomic E-state index is 12.5. The summed E-state index contributed by atoms with van der Waals surface area (Å²) in [5.41, 5.74) is 5.02. The van der Waals surface area contributed by atoms with E-state index in [9.17, 15) is 14.4 Å². The minimum absolute atomic E-state index is 0.176. The number of Topliss-reactive ketones (excluding diaryl/α,β-unsaturated/α-hetero) is 1. The predicted molar refractivity (Wildman–Crippen MR) is 123 cm³/mol. The van der Waals surface area contributed by atoms with Gasteiger partial charge in [0.2, 0.25) is 0 Å². The summed E-state index contributed by atoms with van der Waals surface area (Å²) in [7, 11) is 3.90. The molecule has 7 heteroatoms. The normalized spacial score (nSPS) is 14.3. The minimum atomic E-state index is -0.442. The van der Waals surface area contributed by atoms with Gasteiger partial charge in [0.05, 0.1) is 12.1 Å². The van der Waals surface area contributed by atoms with Crippen molar-refractivity contribution in [3.63, 3.8) is 0 Å². The van der Waals surface area contributed by atoms with Gasteiger partial charge in [-0.2, -0.15) is 0 Å². The zero-order valence-electron chi connectivity index (χ0n) is 18.6. The fourth-order valence-electron chi connectivity index (χ4n) is 4.16. The van der Waals surface area contributed by atoms with E-state index in [2.05, 4.69) is 17.4 Å². The maximum Gasteiger partial charge on any atom is 0.420 e. The van der Waals surface area contributed by atoms with E-state index in [-0.39, 0.29) is 5.91 Å². The Hall–Kier alpha value is -3.19. The highest BCUT2D eigenvalue weighted by atomic mass is 16.4. The Morgan fingerprint density at radius 2 is 1.88 bits per heavy atom. The van der Waals surface area contributed by atoms with Crippen LogP contribution in [0.4, 0.5) is 0 Å². The highest BCUT2D eigenvalue weighted by molar-refractivity contribution is 5.97. The molecule has 0 saturated heterocycles. The topological polar surface area (TPSA) is 84.6 Å². The summed E-state index contributed by atoms with van der Waals surface area (Å²) < 4.78 is 6.98. The summed E-state index contributed by atoms with van der Waals surface area (Å²) in [5.74, 6) is -0.287. The van der Waals surface area contributed by atoms with E-state index in [1.807, 2.05) is 25.1 Å². The number of fused-ring (bicyclic) bond motifs is 2. The number of likely N-dealkylation sites (N-methyl/N-ethyl adjacent to an activating group) is 1. The first-order valence-corrected chi connectivity index (χ1v) is 11.1. The second-order valence-electron chi connectivity index (χ2n) is 8.69. The van der Waals surface area contributed by atoms with Gasteiger partial charge in [0.15, 0.2) is 5.58 Å². The molecular weight excluding hydrogens is 406 g/mol. The molecular formula is C25H29N3O4. The Labute approximate surface area is 187 Å². The fraction of sp³-hybridized carbons (Fsp3) is 0.400. The molecule has 168 valence electrons. The van der Waals surface area contributed by atoms with E-state index in [0.29, 0.717) is 48.4 Å². The number of aromatic nitrogens is 1. The fourth-order valence-corrected chi connectivity index (χ4v) is 4.16. The number of carbonyl (C=O) groups excluding carboxylic acids is 2. The number of carbonyl (C=O) groups is 2. The molecule has 0 spiro atoms. The third kappa shape index (κ3) is 4.99. The first-order chi connectivity index (χ1) is 15.4. The first-order valence-electron chi connectivity index (χ1n) is 11.1. The molecule has 1 aliphatic rings. The number of nitrogens with zero attached hydrogens (tertiary/aromatic N) is 2. The number of rotatable bonds is 6. The second kappa shape index (κ2) is 9.53. The number of benzene rings is 2. The maximum absolute atomic E-state index is 12.5. The Morgan fingerprint density at radius 1 is 1.03 bits per heavy atom. The van der Waals surface area contributed by atoms with Crippen LogP contribution in [0.5, 0.6) is 0 Å². The molecule has 4 rings (SSSR count). The van der Waals surface area contributed by atoms with Crippen LogP contribution in [-0.2, 0) is 24.2 Å². The van der Waals surface area contributed by atoms with Crippen LogP contribution in [0.15, 0.2) is 45.6 Å². The molecule has 0 atom stereocenters. The van der Waals surface area contributed by atoms with E-state index in [1.54, 1.807) is 22.8 Å². The van der Waals surface area contributed by atoms with Gasteiger partial charge < -0.3 is 14.6 Å². The van der Waals surface area contributed by atoms with Crippen LogP contribution in [0.3, 0.4) is 0 Å². The average molecular weight is 436 g/mol. The summed E-state index contributed by atoms with van der Waals surface area (Å²) in [4.78, 5) is 38.8. The van der Waals surface area contributed by atoms with Gasteiger partial charge in [-0.3, -0.25) is 14.2 Å². The molecule has 0 unspecified atom stereocenters. The van der Waals surface area contributed by atoms with Crippen molar-refractivity contribution in [3.05, 3.63) is 69.2 Å². The van der Waals surface area contributed by atoms with Crippen molar-refractivity contribution in [1.29, 1.82) is 0 Å². The lowest BCUT2D eigenvalue weighted by molar-refractivity contribution is -0.119. The van der Waals surface area contributed by atoms with E-state index in [0.717, 1.165) is 31.4 Å². The molecule has 0 bridgehead atoms. The van der Waals surface area contributed by atoms with Crippen molar-refractivity contribution in [3.8, 4) is 0 Å². The summed E-state index contributed by atoms with van der Waals surface area (Å²) in [6, 6.07) is 11.3. The molecule has 1 aromatic heterocycles. The molecule has 1 aliphatic carbocycles. The van der Waals surface area contributed by atoms with Crippen LogP contribution in [-0.4, -0.2) is 48.3 Å². The number of hydrogen-bond donors (Lipinski definition) is 1. The number of oxazole rings is 1. The lowest BCUT2D eigenvalue weighted by Crippen LogP contribution is -2.31. The lowest BCUT2D eigenvalue weighted by Gasteiger charge is -2.15. The van der Waals surface area contributed by atoms with E-state index < -0.39 is 5.76 Å². The van der Waals surface area contributed by atoms with E-state index in [4.69, 9.17) is 4.42 Å². The van der Waals surface area contributed by atoms with E-state index >= 15 is 0 Å². The van der Waals surface area contributed by atoms with Gasteiger partial charge in [0.25, 0.3) is 5.91 Å². The molecule has 1 N–H and O–H groups in total. The van der Waals surface area contributed by atoms with Crippen molar-refractivity contribution in [1.82, 2.24) is 14.8 Å². The Kier molecular flexibility index (Phi) is 6.55. The van der Waals surface area contributed by atoms with Gasteiger partial charge in [-0.25, -0.2) is 4.79 Å². The van der Waals surface area contributed by atoms with Crippen molar-refractivity contribution >= 4 is 22.8 Å². The van der Waals surface area contributed by atoms with Crippen LogP contribution in [0.1, 0.15) is 46.3 Å². The number of amides is 1. The van der Waals surface area contributed by atoms with Gasteiger partial charge in [0, 0.05) is 31.5 Å². The third-order valence-electron chi connectivity index (χ3n) is 5.96. The Bertz CT molecular complexity index is 1210. The number of hydrogen-bond acceptors (Lipinski definition) is 5. The van der Waals surface area contributed by atoms with Gasteiger partial charge in [0.1, 0.15) is 5.78 Å². The summed E-state index contributed by atoms with van der Waals surface area (Å²) in [6.45, 7) is 1.66. The molecule has 0 radical (unpaired) electrons. The molecule has 0 aliphatic heterocycles. The zero-order chi connectivity index (χ0) is 22.7.